The summed E-state index contributed by atoms with van der Waals surface area (Å²) < 4.78 is 0. The highest BCUT2D eigenvalue weighted by molar-refractivity contribution is 5.66. The summed E-state index contributed by atoms with van der Waals surface area (Å²) in [6, 6.07) is 0. The zero-order valence-corrected chi connectivity index (χ0v) is 15.2. The SMILES string of the molecule is CCCCCCCCCC(=O)O.CCO.CCO.CCO.N. The molecule has 0 aliphatic heterocycles. The largest absolute Gasteiger partial charge is 0.481 e. The molecule has 0 atom stereocenters. The Morgan fingerprint density at radius 3 is 1.23 bits per heavy atom. The van der Waals surface area contributed by atoms with Gasteiger partial charge >= 0.3 is 5.97 Å². The summed E-state index contributed by atoms with van der Waals surface area (Å²) in [6.45, 7) is 7.99. The lowest BCUT2D eigenvalue weighted by molar-refractivity contribution is -0.137. The molecule has 0 rings (SSSR count). The second-order valence-electron chi connectivity index (χ2n) is 4.21. The van der Waals surface area contributed by atoms with Crippen molar-refractivity contribution in [2.45, 2.75) is 79.1 Å². The molecule has 6 heteroatoms. The Bertz CT molecular complexity index is 153. The number of rotatable bonds is 8. The van der Waals surface area contributed by atoms with Crippen molar-refractivity contribution in [3.8, 4) is 0 Å². The van der Waals surface area contributed by atoms with Crippen LogP contribution >= 0.6 is 0 Å². The van der Waals surface area contributed by atoms with Gasteiger partial charge in [-0.1, -0.05) is 45.4 Å². The van der Waals surface area contributed by atoms with Gasteiger partial charge in [0.15, 0.2) is 0 Å². The van der Waals surface area contributed by atoms with Crippen LogP contribution in [0.15, 0.2) is 0 Å². The number of carbonyl (C=O) groups is 1. The third-order valence-electron chi connectivity index (χ3n) is 1.99. The lowest BCUT2D eigenvalue weighted by atomic mass is 10.1. The van der Waals surface area contributed by atoms with Gasteiger partial charge in [-0.3, -0.25) is 4.79 Å². The zero-order chi connectivity index (χ0) is 17.4. The Morgan fingerprint density at radius 2 is 0.955 bits per heavy atom. The average molecular weight is 328 g/mol. The maximum atomic E-state index is 10.1. The van der Waals surface area contributed by atoms with Gasteiger partial charge in [-0.15, -0.1) is 0 Å². The van der Waals surface area contributed by atoms with Crippen LogP contribution in [0.1, 0.15) is 79.1 Å². The lowest BCUT2D eigenvalue weighted by Crippen LogP contribution is -1.93. The van der Waals surface area contributed by atoms with Crippen LogP contribution in [-0.4, -0.2) is 46.2 Å². The van der Waals surface area contributed by atoms with E-state index in [1.54, 1.807) is 20.8 Å². The first-order chi connectivity index (χ1) is 10.0. The monoisotopic (exact) mass is 327 g/mol. The van der Waals surface area contributed by atoms with Gasteiger partial charge in [0.1, 0.15) is 0 Å². The Morgan fingerprint density at radius 1 is 0.682 bits per heavy atom. The summed E-state index contributed by atoms with van der Waals surface area (Å²) in [6.07, 6.45) is 8.64. The molecular formula is C16H41NO5. The van der Waals surface area contributed by atoms with E-state index in [1.807, 2.05) is 0 Å². The van der Waals surface area contributed by atoms with Crippen LogP contribution in [0.25, 0.3) is 0 Å². The van der Waals surface area contributed by atoms with Crippen LogP contribution in [0.5, 0.6) is 0 Å². The highest BCUT2D eigenvalue weighted by Crippen LogP contribution is 2.07. The van der Waals surface area contributed by atoms with Crippen molar-refractivity contribution in [2.24, 2.45) is 0 Å². The van der Waals surface area contributed by atoms with Crippen LogP contribution in [0, 0.1) is 0 Å². The number of hydrogen-bond acceptors (Lipinski definition) is 5. The summed E-state index contributed by atoms with van der Waals surface area (Å²) in [7, 11) is 0. The molecule has 0 bridgehead atoms. The van der Waals surface area contributed by atoms with E-state index in [2.05, 4.69) is 6.92 Å². The maximum absolute atomic E-state index is 10.1. The van der Waals surface area contributed by atoms with Crippen LogP contribution < -0.4 is 6.15 Å². The molecule has 0 saturated heterocycles. The van der Waals surface area contributed by atoms with Crippen molar-refractivity contribution < 1.29 is 25.2 Å². The fourth-order valence-electron chi connectivity index (χ4n) is 1.23. The third-order valence-corrected chi connectivity index (χ3v) is 1.99. The fraction of sp³-hybridized carbons (Fsp3) is 0.938. The van der Waals surface area contributed by atoms with Crippen molar-refractivity contribution in [1.82, 2.24) is 6.15 Å². The number of aliphatic hydroxyl groups is 3. The van der Waals surface area contributed by atoms with E-state index in [0.29, 0.717) is 6.42 Å². The van der Waals surface area contributed by atoms with E-state index in [0.717, 1.165) is 12.8 Å². The number of hydrogen-bond donors (Lipinski definition) is 5. The molecule has 140 valence electrons. The molecule has 0 aromatic heterocycles. The first-order valence-corrected chi connectivity index (χ1v) is 8.06. The van der Waals surface area contributed by atoms with E-state index < -0.39 is 5.97 Å². The van der Waals surface area contributed by atoms with Crippen molar-refractivity contribution in [2.75, 3.05) is 19.8 Å². The normalized spacial score (nSPS) is 7.95. The van der Waals surface area contributed by atoms with Crippen molar-refractivity contribution in [3.63, 3.8) is 0 Å². The van der Waals surface area contributed by atoms with Gasteiger partial charge in [0.2, 0.25) is 0 Å². The van der Waals surface area contributed by atoms with E-state index in [-0.39, 0.29) is 26.0 Å². The Hall–Kier alpha value is -0.690. The minimum atomic E-state index is -0.663. The molecule has 0 saturated carbocycles. The summed E-state index contributed by atoms with van der Waals surface area (Å²) in [5.41, 5.74) is 0. The number of carboxylic acids is 1. The standard InChI is InChI=1S/C10H20O2.3C2H6O.H3N/c1-2-3-4-5-6-7-8-9-10(11)12;3*1-2-3;/h2-9H2,1H3,(H,11,12);3*3H,2H2,1H3;1H3. The Balaban J connectivity index is -0.0000000802. The van der Waals surface area contributed by atoms with E-state index in [4.69, 9.17) is 20.4 Å². The molecule has 0 aliphatic carbocycles. The first-order valence-electron chi connectivity index (χ1n) is 8.06. The minimum Gasteiger partial charge on any atom is -0.481 e. The molecule has 0 aromatic carbocycles. The molecular weight excluding hydrogens is 286 g/mol. The van der Waals surface area contributed by atoms with E-state index in [9.17, 15) is 4.79 Å². The highest BCUT2D eigenvalue weighted by atomic mass is 16.4. The van der Waals surface area contributed by atoms with Gasteiger partial charge < -0.3 is 26.6 Å². The van der Waals surface area contributed by atoms with Gasteiger partial charge in [-0.2, -0.15) is 0 Å². The number of carboxylic acid groups (broad SMARTS) is 1. The average Bonchev–Trinajstić information content (AvgIpc) is 2.40. The number of unbranched alkanes of at least 4 members (excludes halogenated alkanes) is 6. The minimum absolute atomic E-state index is 0. The Labute approximate surface area is 137 Å². The summed E-state index contributed by atoms with van der Waals surface area (Å²) in [5.74, 6) is -0.663. The highest BCUT2D eigenvalue weighted by Gasteiger charge is 1.95. The van der Waals surface area contributed by atoms with Crippen molar-refractivity contribution in [1.29, 1.82) is 0 Å². The van der Waals surface area contributed by atoms with Gasteiger partial charge in [0.05, 0.1) is 0 Å². The maximum Gasteiger partial charge on any atom is 0.303 e. The van der Waals surface area contributed by atoms with Crippen LogP contribution in [0.4, 0.5) is 0 Å². The predicted molar refractivity (Wildman–Crippen MR) is 93.5 cm³/mol. The molecule has 0 aromatic rings. The molecule has 7 N–H and O–H groups in total. The summed E-state index contributed by atoms with van der Waals surface area (Å²) in [4.78, 5) is 10.1. The van der Waals surface area contributed by atoms with Gasteiger partial charge in [-0.05, 0) is 27.2 Å². The van der Waals surface area contributed by atoms with E-state index >= 15 is 0 Å². The van der Waals surface area contributed by atoms with Crippen LogP contribution in [0.2, 0.25) is 0 Å². The zero-order valence-electron chi connectivity index (χ0n) is 15.2. The molecule has 0 unspecified atom stereocenters. The van der Waals surface area contributed by atoms with Gasteiger partial charge in [0.25, 0.3) is 0 Å². The molecule has 0 aliphatic rings. The van der Waals surface area contributed by atoms with Crippen LogP contribution in [-0.2, 0) is 4.79 Å². The topological polar surface area (TPSA) is 133 Å². The number of aliphatic hydroxyl groups excluding tert-OH is 3. The molecule has 0 radical (unpaired) electrons. The second-order valence-corrected chi connectivity index (χ2v) is 4.21. The summed E-state index contributed by atoms with van der Waals surface area (Å²) in [5, 5.41) is 31.1. The first kappa shape index (κ1) is 33.0. The van der Waals surface area contributed by atoms with Gasteiger partial charge in [0, 0.05) is 26.2 Å². The molecule has 0 heterocycles. The molecule has 22 heavy (non-hydrogen) atoms. The third kappa shape index (κ3) is 93.7. The van der Waals surface area contributed by atoms with E-state index in [1.165, 1.54) is 32.1 Å². The molecule has 0 amide bonds. The smallest absolute Gasteiger partial charge is 0.303 e. The number of aliphatic carboxylic acids is 1. The quantitative estimate of drug-likeness (QED) is 0.434. The predicted octanol–water partition coefficient (Wildman–Crippen LogP) is 3.37. The fourth-order valence-corrected chi connectivity index (χ4v) is 1.23. The second kappa shape index (κ2) is 42.7. The van der Waals surface area contributed by atoms with Gasteiger partial charge in [-0.25, -0.2) is 0 Å². The van der Waals surface area contributed by atoms with Crippen molar-refractivity contribution in [3.05, 3.63) is 0 Å². The Kier molecular flexibility index (Phi) is 64.2. The molecule has 0 fully saturated rings. The van der Waals surface area contributed by atoms with Crippen LogP contribution in [0.3, 0.4) is 0 Å². The lowest BCUT2D eigenvalue weighted by Gasteiger charge is -1.98. The molecule has 0 spiro atoms. The van der Waals surface area contributed by atoms with Crippen molar-refractivity contribution >= 4 is 5.97 Å². The molecule has 6 nitrogen and oxygen atoms in total. The summed E-state index contributed by atoms with van der Waals surface area (Å²) >= 11 is 0.